The highest BCUT2D eigenvalue weighted by molar-refractivity contribution is 5.79. The number of H-pyrrole nitrogens is 1. The highest BCUT2D eigenvalue weighted by atomic mass is 16.1. The maximum atomic E-state index is 13.1. The van der Waals surface area contributed by atoms with E-state index >= 15 is 0 Å². The average Bonchev–Trinajstić information content (AvgIpc) is 3.58. The summed E-state index contributed by atoms with van der Waals surface area (Å²) in [7, 11) is 0. The Morgan fingerprint density at radius 1 is 1.03 bits per heavy atom. The molecule has 1 saturated carbocycles. The Labute approximate surface area is 206 Å². The number of nitrogens with zero attached hydrogens (tertiary/aromatic N) is 5. The Kier molecular flexibility index (Phi) is 7.04. The van der Waals surface area contributed by atoms with E-state index in [0.717, 1.165) is 48.0 Å². The highest BCUT2D eigenvalue weighted by Gasteiger charge is 2.29. The Morgan fingerprint density at radius 3 is 2.57 bits per heavy atom. The van der Waals surface area contributed by atoms with E-state index in [4.69, 9.17) is 0 Å². The molecule has 35 heavy (non-hydrogen) atoms. The highest BCUT2D eigenvalue weighted by Crippen LogP contribution is 2.33. The fourth-order valence-electron chi connectivity index (χ4n) is 5.38. The number of aromatic nitrogens is 5. The fourth-order valence-corrected chi connectivity index (χ4v) is 5.38. The molecule has 0 amide bonds. The van der Waals surface area contributed by atoms with Crippen molar-refractivity contribution in [2.24, 2.45) is 0 Å². The maximum Gasteiger partial charge on any atom is 0.252 e. The van der Waals surface area contributed by atoms with Crippen LogP contribution in [0.4, 0.5) is 0 Å². The Bertz CT molecular complexity index is 1320. The van der Waals surface area contributed by atoms with E-state index in [1.807, 2.05) is 12.1 Å². The molecule has 1 atom stereocenters. The maximum absolute atomic E-state index is 13.1. The van der Waals surface area contributed by atoms with Gasteiger partial charge in [0.2, 0.25) is 0 Å². The molecule has 0 saturated heterocycles. The van der Waals surface area contributed by atoms with Gasteiger partial charge in [0.25, 0.3) is 5.56 Å². The van der Waals surface area contributed by atoms with Crippen molar-refractivity contribution in [3.8, 4) is 0 Å². The number of rotatable bonds is 9. The summed E-state index contributed by atoms with van der Waals surface area (Å²) >= 11 is 0. The van der Waals surface area contributed by atoms with Crippen LogP contribution in [0.2, 0.25) is 0 Å². The van der Waals surface area contributed by atoms with Crippen LogP contribution >= 0.6 is 0 Å². The number of aryl methyl sites for hydroxylation is 1. The second kappa shape index (κ2) is 10.5. The van der Waals surface area contributed by atoms with Crippen LogP contribution in [0, 0.1) is 0 Å². The zero-order valence-corrected chi connectivity index (χ0v) is 20.7. The van der Waals surface area contributed by atoms with Crippen LogP contribution in [0.3, 0.4) is 0 Å². The third-order valence-electron chi connectivity index (χ3n) is 7.31. The molecule has 5 rings (SSSR count). The van der Waals surface area contributed by atoms with Crippen LogP contribution < -0.4 is 5.56 Å². The molecule has 2 heterocycles. The van der Waals surface area contributed by atoms with E-state index < -0.39 is 0 Å². The summed E-state index contributed by atoms with van der Waals surface area (Å²) < 4.78 is 2.05. The van der Waals surface area contributed by atoms with E-state index in [-0.39, 0.29) is 11.6 Å². The van der Waals surface area contributed by atoms with E-state index in [9.17, 15) is 4.79 Å². The van der Waals surface area contributed by atoms with Gasteiger partial charge in [-0.15, -0.1) is 5.10 Å². The standard InChI is InChI=1S/C28H34N6O/c1-3-20-14-15-25-22(16-20)17-23(28(35)29-25)19-33(18-21-10-6-5-7-11-21)26(4-2)27-30-31-32-34(27)24-12-8-9-13-24/h5-7,10-11,14-17,24,26H,3-4,8-9,12-13,18-19H2,1-2H3,(H,29,35)/t26-/m1/s1. The lowest BCUT2D eigenvalue weighted by molar-refractivity contribution is 0.158. The van der Waals surface area contributed by atoms with Gasteiger partial charge in [-0.3, -0.25) is 9.69 Å². The minimum absolute atomic E-state index is 0.00267. The van der Waals surface area contributed by atoms with Crippen LogP contribution in [0.1, 0.15) is 80.6 Å². The van der Waals surface area contributed by atoms with Crippen molar-refractivity contribution >= 4 is 10.9 Å². The second-order valence-corrected chi connectivity index (χ2v) is 9.63. The zero-order valence-electron chi connectivity index (χ0n) is 20.7. The van der Waals surface area contributed by atoms with Gasteiger partial charge in [0, 0.05) is 24.2 Å². The fraction of sp³-hybridized carbons (Fsp3) is 0.429. The second-order valence-electron chi connectivity index (χ2n) is 9.63. The van der Waals surface area contributed by atoms with Crippen LogP contribution in [0.5, 0.6) is 0 Å². The van der Waals surface area contributed by atoms with Crippen molar-refractivity contribution in [2.45, 2.75) is 77.5 Å². The zero-order chi connectivity index (χ0) is 24.2. The quantitative estimate of drug-likeness (QED) is 0.357. The minimum Gasteiger partial charge on any atom is -0.322 e. The molecule has 0 radical (unpaired) electrons. The Morgan fingerprint density at radius 2 is 1.83 bits per heavy atom. The molecule has 0 aliphatic heterocycles. The van der Waals surface area contributed by atoms with Gasteiger partial charge in [-0.2, -0.15) is 0 Å². The summed E-state index contributed by atoms with van der Waals surface area (Å²) in [6, 6.07) is 19.1. The van der Waals surface area contributed by atoms with Gasteiger partial charge in [-0.05, 0) is 70.8 Å². The molecule has 1 fully saturated rings. The minimum atomic E-state index is -0.0370. The third kappa shape index (κ3) is 5.05. The molecule has 182 valence electrons. The smallest absolute Gasteiger partial charge is 0.252 e. The molecule has 1 aliphatic rings. The van der Waals surface area contributed by atoms with Crippen LogP contribution in [-0.4, -0.2) is 30.1 Å². The van der Waals surface area contributed by atoms with Gasteiger partial charge in [0.15, 0.2) is 5.82 Å². The first-order valence-corrected chi connectivity index (χ1v) is 12.9. The number of benzene rings is 2. The first kappa shape index (κ1) is 23.4. The third-order valence-corrected chi connectivity index (χ3v) is 7.31. The van der Waals surface area contributed by atoms with Gasteiger partial charge in [-0.1, -0.05) is 63.1 Å². The monoisotopic (exact) mass is 470 g/mol. The van der Waals surface area contributed by atoms with Gasteiger partial charge in [-0.25, -0.2) is 4.68 Å². The van der Waals surface area contributed by atoms with Crippen molar-refractivity contribution < 1.29 is 0 Å². The summed E-state index contributed by atoms with van der Waals surface area (Å²) in [6.45, 7) is 5.56. The summed E-state index contributed by atoms with van der Waals surface area (Å²) in [5.41, 5.74) is 4.07. The lowest BCUT2D eigenvalue weighted by atomic mass is 10.1. The summed E-state index contributed by atoms with van der Waals surface area (Å²) in [5.74, 6) is 0.904. The Hall–Kier alpha value is -3.32. The van der Waals surface area contributed by atoms with Crippen molar-refractivity contribution in [3.63, 3.8) is 0 Å². The van der Waals surface area contributed by atoms with Crippen LogP contribution in [0.25, 0.3) is 10.9 Å². The summed E-state index contributed by atoms with van der Waals surface area (Å²) in [6.07, 6.45) is 6.51. The van der Waals surface area contributed by atoms with Crippen molar-refractivity contribution in [2.75, 3.05) is 0 Å². The molecule has 7 nitrogen and oxygen atoms in total. The largest absolute Gasteiger partial charge is 0.322 e. The summed E-state index contributed by atoms with van der Waals surface area (Å²) in [5, 5.41) is 14.1. The molecule has 4 aromatic rings. The van der Waals surface area contributed by atoms with Gasteiger partial charge in [0.1, 0.15) is 0 Å². The van der Waals surface area contributed by atoms with Crippen LogP contribution in [0.15, 0.2) is 59.4 Å². The molecule has 7 heteroatoms. The topological polar surface area (TPSA) is 79.7 Å². The van der Waals surface area contributed by atoms with E-state index in [2.05, 4.69) is 86.4 Å². The molecular formula is C28H34N6O. The SMILES string of the molecule is CCc1ccc2[nH]c(=O)c(CN(Cc3ccccc3)[C@H](CC)c3nnnn3C3CCCC3)cc2c1. The number of nitrogens with one attached hydrogen (secondary N) is 1. The van der Waals surface area contributed by atoms with E-state index in [1.54, 1.807) is 0 Å². The van der Waals surface area contributed by atoms with E-state index in [1.165, 1.54) is 24.0 Å². The normalized spacial score (nSPS) is 15.3. The van der Waals surface area contributed by atoms with Crippen molar-refractivity contribution in [1.82, 2.24) is 30.1 Å². The first-order chi connectivity index (χ1) is 17.2. The molecule has 1 N–H and O–H groups in total. The van der Waals surface area contributed by atoms with Crippen LogP contribution in [-0.2, 0) is 19.5 Å². The lowest BCUT2D eigenvalue weighted by Gasteiger charge is -2.31. The lowest BCUT2D eigenvalue weighted by Crippen LogP contribution is -2.32. The number of pyridine rings is 1. The predicted molar refractivity (Wildman–Crippen MR) is 138 cm³/mol. The van der Waals surface area contributed by atoms with Gasteiger partial charge < -0.3 is 4.98 Å². The molecule has 1 aliphatic carbocycles. The molecule has 2 aromatic heterocycles. The predicted octanol–water partition coefficient (Wildman–Crippen LogP) is 5.35. The number of hydrogen-bond acceptors (Lipinski definition) is 5. The first-order valence-electron chi connectivity index (χ1n) is 12.9. The molecule has 2 aromatic carbocycles. The Balaban J connectivity index is 1.53. The van der Waals surface area contributed by atoms with Crippen molar-refractivity contribution in [3.05, 3.63) is 87.5 Å². The van der Waals surface area contributed by atoms with E-state index in [0.29, 0.717) is 19.1 Å². The number of hydrogen-bond donors (Lipinski definition) is 1. The molecule has 0 bridgehead atoms. The average molecular weight is 471 g/mol. The van der Waals surface area contributed by atoms with Gasteiger partial charge >= 0.3 is 0 Å². The molecule has 0 unspecified atom stereocenters. The molecule has 0 spiro atoms. The van der Waals surface area contributed by atoms with Crippen molar-refractivity contribution in [1.29, 1.82) is 0 Å². The molecular weight excluding hydrogens is 436 g/mol. The number of fused-ring (bicyclic) bond motifs is 1. The summed E-state index contributed by atoms with van der Waals surface area (Å²) in [4.78, 5) is 18.6. The number of aromatic amines is 1. The number of tetrazole rings is 1. The van der Waals surface area contributed by atoms with Gasteiger partial charge in [0.05, 0.1) is 12.1 Å².